The molecular formula is C14H21N7. The topological polar surface area (TPSA) is 69.2 Å². The summed E-state index contributed by atoms with van der Waals surface area (Å²) in [5, 5.41) is 6.20. The van der Waals surface area contributed by atoms with Crippen molar-refractivity contribution in [1.29, 1.82) is 0 Å². The highest BCUT2D eigenvalue weighted by atomic mass is 15.3. The monoisotopic (exact) mass is 287 g/mol. The van der Waals surface area contributed by atoms with Crippen LogP contribution in [0.1, 0.15) is 0 Å². The third kappa shape index (κ3) is 3.50. The first-order chi connectivity index (χ1) is 10.0. The van der Waals surface area contributed by atoms with Crippen LogP contribution in [-0.2, 0) is 0 Å². The Kier molecular flexibility index (Phi) is 4.42. The van der Waals surface area contributed by atoms with Crippen molar-refractivity contribution in [1.82, 2.24) is 15.0 Å². The van der Waals surface area contributed by atoms with E-state index in [1.807, 2.05) is 62.3 Å². The summed E-state index contributed by atoms with van der Waals surface area (Å²) in [5.74, 6) is 1.63. The van der Waals surface area contributed by atoms with E-state index in [1.165, 1.54) is 0 Å². The van der Waals surface area contributed by atoms with Crippen LogP contribution in [0.3, 0.4) is 0 Å². The van der Waals surface area contributed by atoms with Gasteiger partial charge in [-0.15, -0.1) is 0 Å². The van der Waals surface area contributed by atoms with Gasteiger partial charge in [0.1, 0.15) is 0 Å². The summed E-state index contributed by atoms with van der Waals surface area (Å²) in [5.41, 5.74) is 2.01. The lowest BCUT2D eigenvalue weighted by molar-refractivity contribution is 0.962. The third-order valence-electron chi connectivity index (χ3n) is 2.88. The average molecular weight is 287 g/mol. The standard InChI is InChI=1S/C14H21N7/c1-15-12-17-13(19-14(18-12)21(4)5)16-10-8-6-7-9-11(10)20(2)3/h6-9H,1-5H3,(H2,15,16,17,18,19). The third-order valence-corrected chi connectivity index (χ3v) is 2.88. The Bertz CT molecular complexity index is 610. The molecule has 0 fully saturated rings. The molecule has 112 valence electrons. The zero-order valence-corrected chi connectivity index (χ0v) is 13.0. The fraction of sp³-hybridized carbons (Fsp3) is 0.357. The first kappa shape index (κ1) is 14.8. The highest BCUT2D eigenvalue weighted by Gasteiger charge is 2.10. The Balaban J connectivity index is 2.37. The normalized spacial score (nSPS) is 10.1. The number of anilines is 5. The highest BCUT2D eigenvalue weighted by Crippen LogP contribution is 2.26. The second kappa shape index (κ2) is 6.25. The molecule has 2 N–H and O–H groups in total. The van der Waals surface area contributed by atoms with Gasteiger partial charge in [0.05, 0.1) is 11.4 Å². The molecule has 1 heterocycles. The van der Waals surface area contributed by atoms with Gasteiger partial charge in [0.25, 0.3) is 0 Å². The molecular weight excluding hydrogens is 266 g/mol. The molecule has 0 atom stereocenters. The average Bonchev–Trinajstić information content (AvgIpc) is 2.47. The van der Waals surface area contributed by atoms with E-state index in [2.05, 4.69) is 25.6 Å². The van der Waals surface area contributed by atoms with E-state index in [0.29, 0.717) is 17.8 Å². The van der Waals surface area contributed by atoms with E-state index < -0.39 is 0 Å². The largest absolute Gasteiger partial charge is 0.376 e. The van der Waals surface area contributed by atoms with Crippen molar-refractivity contribution in [2.75, 3.05) is 55.7 Å². The van der Waals surface area contributed by atoms with E-state index in [-0.39, 0.29) is 0 Å². The van der Waals surface area contributed by atoms with Gasteiger partial charge < -0.3 is 20.4 Å². The number of aromatic nitrogens is 3. The SMILES string of the molecule is CNc1nc(Nc2ccccc2N(C)C)nc(N(C)C)n1. The van der Waals surface area contributed by atoms with E-state index in [0.717, 1.165) is 11.4 Å². The minimum atomic E-state index is 0.507. The van der Waals surface area contributed by atoms with Gasteiger partial charge in [-0.05, 0) is 12.1 Å². The Morgan fingerprint density at radius 1 is 0.857 bits per heavy atom. The van der Waals surface area contributed by atoms with Gasteiger partial charge in [0, 0.05) is 35.2 Å². The van der Waals surface area contributed by atoms with Crippen LogP contribution in [0.5, 0.6) is 0 Å². The van der Waals surface area contributed by atoms with Gasteiger partial charge >= 0.3 is 0 Å². The fourth-order valence-electron chi connectivity index (χ4n) is 1.82. The van der Waals surface area contributed by atoms with Gasteiger partial charge in [-0.2, -0.15) is 15.0 Å². The van der Waals surface area contributed by atoms with Crippen LogP contribution in [0.4, 0.5) is 29.2 Å². The Labute approximate surface area is 125 Å². The molecule has 7 nitrogen and oxygen atoms in total. The summed E-state index contributed by atoms with van der Waals surface area (Å²) in [6.07, 6.45) is 0. The second-order valence-corrected chi connectivity index (χ2v) is 4.96. The van der Waals surface area contributed by atoms with Crippen LogP contribution >= 0.6 is 0 Å². The van der Waals surface area contributed by atoms with Crippen molar-refractivity contribution in [2.45, 2.75) is 0 Å². The smallest absolute Gasteiger partial charge is 0.233 e. The van der Waals surface area contributed by atoms with E-state index in [1.54, 1.807) is 7.05 Å². The molecule has 1 aromatic heterocycles. The number of nitrogens with zero attached hydrogens (tertiary/aromatic N) is 5. The molecule has 1 aromatic carbocycles. The molecule has 0 radical (unpaired) electrons. The zero-order valence-electron chi connectivity index (χ0n) is 13.0. The molecule has 0 unspecified atom stereocenters. The number of para-hydroxylation sites is 2. The molecule has 0 saturated carbocycles. The second-order valence-electron chi connectivity index (χ2n) is 4.96. The molecule has 21 heavy (non-hydrogen) atoms. The van der Waals surface area contributed by atoms with Crippen molar-refractivity contribution >= 4 is 29.2 Å². The molecule has 0 bridgehead atoms. The van der Waals surface area contributed by atoms with E-state index in [4.69, 9.17) is 0 Å². The molecule has 0 aliphatic carbocycles. The predicted octanol–water partition coefficient (Wildman–Crippen LogP) is 1.79. The van der Waals surface area contributed by atoms with Crippen molar-refractivity contribution in [3.8, 4) is 0 Å². The summed E-state index contributed by atoms with van der Waals surface area (Å²) in [6, 6.07) is 8.00. The Morgan fingerprint density at radius 2 is 1.52 bits per heavy atom. The molecule has 2 aromatic rings. The van der Waals surface area contributed by atoms with Crippen LogP contribution in [-0.4, -0.2) is 50.2 Å². The number of hydrogen-bond acceptors (Lipinski definition) is 7. The van der Waals surface area contributed by atoms with Crippen molar-refractivity contribution in [2.24, 2.45) is 0 Å². The quantitative estimate of drug-likeness (QED) is 0.868. The molecule has 0 aliphatic rings. The number of nitrogens with one attached hydrogen (secondary N) is 2. The Hall–Kier alpha value is -2.57. The van der Waals surface area contributed by atoms with Gasteiger partial charge in [-0.3, -0.25) is 0 Å². The molecule has 0 saturated heterocycles. The minimum absolute atomic E-state index is 0.507. The van der Waals surface area contributed by atoms with Crippen molar-refractivity contribution in [3.63, 3.8) is 0 Å². The van der Waals surface area contributed by atoms with Crippen LogP contribution in [0.15, 0.2) is 24.3 Å². The maximum Gasteiger partial charge on any atom is 0.233 e. The zero-order chi connectivity index (χ0) is 15.4. The summed E-state index contributed by atoms with van der Waals surface area (Å²) in [4.78, 5) is 16.9. The van der Waals surface area contributed by atoms with Crippen molar-refractivity contribution < 1.29 is 0 Å². The predicted molar refractivity (Wildman–Crippen MR) is 87.8 cm³/mol. The van der Waals surface area contributed by atoms with Crippen molar-refractivity contribution in [3.05, 3.63) is 24.3 Å². The molecule has 2 rings (SSSR count). The summed E-state index contributed by atoms with van der Waals surface area (Å²) < 4.78 is 0. The lowest BCUT2D eigenvalue weighted by Crippen LogP contribution is -2.16. The Morgan fingerprint density at radius 3 is 2.14 bits per heavy atom. The fourth-order valence-corrected chi connectivity index (χ4v) is 1.82. The number of rotatable bonds is 5. The van der Waals surface area contributed by atoms with Gasteiger partial charge in [0.2, 0.25) is 17.8 Å². The lowest BCUT2D eigenvalue weighted by atomic mass is 10.2. The summed E-state index contributed by atoms with van der Waals surface area (Å²) >= 11 is 0. The summed E-state index contributed by atoms with van der Waals surface area (Å²) in [6.45, 7) is 0. The first-order valence-corrected chi connectivity index (χ1v) is 6.66. The van der Waals surface area contributed by atoms with Crippen LogP contribution in [0.25, 0.3) is 0 Å². The van der Waals surface area contributed by atoms with Crippen LogP contribution in [0, 0.1) is 0 Å². The number of hydrogen-bond donors (Lipinski definition) is 2. The highest BCUT2D eigenvalue weighted by molar-refractivity contribution is 5.73. The van der Waals surface area contributed by atoms with Crippen LogP contribution < -0.4 is 20.4 Å². The molecule has 0 spiro atoms. The molecule has 7 heteroatoms. The van der Waals surface area contributed by atoms with E-state index >= 15 is 0 Å². The molecule has 0 amide bonds. The lowest BCUT2D eigenvalue weighted by Gasteiger charge is -2.18. The van der Waals surface area contributed by atoms with Gasteiger partial charge in [0.15, 0.2) is 0 Å². The summed E-state index contributed by atoms with van der Waals surface area (Å²) in [7, 11) is 9.57. The number of benzene rings is 1. The first-order valence-electron chi connectivity index (χ1n) is 6.66. The molecule has 0 aliphatic heterocycles. The van der Waals surface area contributed by atoms with Gasteiger partial charge in [-0.1, -0.05) is 12.1 Å². The van der Waals surface area contributed by atoms with E-state index in [9.17, 15) is 0 Å². The maximum atomic E-state index is 4.41. The van der Waals surface area contributed by atoms with Crippen LogP contribution in [0.2, 0.25) is 0 Å². The van der Waals surface area contributed by atoms with Gasteiger partial charge in [-0.25, -0.2) is 0 Å². The minimum Gasteiger partial charge on any atom is -0.376 e. The maximum absolute atomic E-state index is 4.41.